The molecule has 4 aromatic rings. The maximum absolute atomic E-state index is 5.48. The molecule has 0 aliphatic rings. The van der Waals surface area contributed by atoms with Crippen LogP contribution in [0.5, 0.6) is 11.5 Å². The van der Waals surface area contributed by atoms with Crippen molar-refractivity contribution in [3.8, 4) is 22.6 Å². The summed E-state index contributed by atoms with van der Waals surface area (Å²) in [6.07, 6.45) is 0. The Labute approximate surface area is 191 Å². The highest BCUT2D eigenvalue weighted by Crippen LogP contribution is 2.35. The number of ether oxygens (including phenoxy) is 2. The zero-order valence-electron chi connectivity index (χ0n) is 18.8. The lowest BCUT2D eigenvalue weighted by molar-refractivity contribution is 0.355. The van der Waals surface area contributed by atoms with E-state index in [1.807, 2.05) is 39.1 Å². The van der Waals surface area contributed by atoms with Crippen molar-refractivity contribution in [1.29, 1.82) is 0 Å². The number of hydrogen-bond acceptors (Lipinski definition) is 8. The van der Waals surface area contributed by atoms with Crippen LogP contribution < -0.4 is 19.5 Å². The van der Waals surface area contributed by atoms with E-state index in [-0.39, 0.29) is 0 Å². The fourth-order valence-corrected chi connectivity index (χ4v) is 4.07. The number of rotatable bonds is 8. The molecule has 4 rings (SSSR count). The molecule has 0 aliphatic heterocycles. The lowest BCUT2D eigenvalue weighted by atomic mass is 10.1. The van der Waals surface area contributed by atoms with E-state index in [9.17, 15) is 0 Å². The van der Waals surface area contributed by atoms with Gasteiger partial charge in [-0.15, -0.1) is 0 Å². The lowest BCUT2D eigenvalue weighted by Gasteiger charge is -2.10. The molecule has 32 heavy (non-hydrogen) atoms. The van der Waals surface area contributed by atoms with E-state index >= 15 is 0 Å². The number of benzene rings is 2. The molecule has 2 N–H and O–H groups in total. The number of methoxy groups -OCH3 is 2. The molecule has 0 amide bonds. The Morgan fingerprint density at radius 2 is 1.72 bits per heavy atom. The van der Waals surface area contributed by atoms with E-state index in [1.165, 1.54) is 4.90 Å². The number of nitrogens with zero attached hydrogens (tertiary/aromatic N) is 4. The van der Waals surface area contributed by atoms with Gasteiger partial charge in [0, 0.05) is 17.0 Å². The molecule has 0 fully saturated rings. The maximum Gasteiger partial charge on any atom is 0.227 e. The fourth-order valence-electron chi connectivity index (χ4n) is 3.56. The zero-order valence-corrected chi connectivity index (χ0v) is 19.6. The molecule has 0 atom stereocenters. The van der Waals surface area contributed by atoms with Crippen molar-refractivity contribution in [3.05, 3.63) is 59.5 Å². The number of anilines is 1. The number of aromatic nitrogens is 4. The number of fused-ring (bicyclic) bond motifs is 1. The minimum Gasteiger partial charge on any atom is -0.493 e. The highest BCUT2D eigenvalue weighted by molar-refractivity contribution is 7.97. The maximum atomic E-state index is 5.48. The van der Waals surface area contributed by atoms with Crippen LogP contribution in [0, 0.1) is 13.8 Å². The van der Waals surface area contributed by atoms with Gasteiger partial charge in [0.25, 0.3) is 0 Å². The van der Waals surface area contributed by atoms with Crippen LogP contribution in [0.25, 0.3) is 16.8 Å². The first-order chi connectivity index (χ1) is 15.5. The molecular weight excluding hydrogens is 424 g/mol. The predicted molar refractivity (Wildman–Crippen MR) is 127 cm³/mol. The van der Waals surface area contributed by atoms with E-state index in [4.69, 9.17) is 14.6 Å². The Hall–Kier alpha value is -3.30. The van der Waals surface area contributed by atoms with E-state index < -0.39 is 0 Å². The van der Waals surface area contributed by atoms with Crippen molar-refractivity contribution in [1.82, 2.24) is 24.3 Å². The molecular formula is C23H26N6O2S. The summed E-state index contributed by atoms with van der Waals surface area (Å²) in [6.45, 7) is 4.48. The van der Waals surface area contributed by atoms with Crippen LogP contribution >= 0.6 is 11.9 Å². The van der Waals surface area contributed by atoms with E-state index in [0.29, 0.717) is 29.8 Å². The molecule has 9 heteroatoms. The minimum atomic E-state index is 0.626. The SMILES string of the molecule is CNSc1ccc(CNc2nc(C)nc3c(-c4ccc(OC)c(OC)c4)c(C)nn23)cc1. The normalized spacial score (nSPS) is 11.0. The summed E-state index contributed by atoms with van der Waals surface area (Å²) < 4.78 is 15.7. The van der Waals surface area contributed by atoms with Crippen LogP contribution in [0.4, 0.5) is 5.95 Å². The van der Waals surface area contributed by atoms with Gasteiger partial charge in [-0.1, -0.05) is 18.2 Å². The van der Waals surface area contributed by atoms with Crippen molar-refractivity contribution in [2.45, 2.75) is 25.3 Å². The standard InChI is InChI=1S/C23H26N6O2S/c1-14-21(17-8-11-19(30-4)20(12-17)31-5)22-26-15(2)27-23(29(22)28-14)25-13-16-6-9-18(10-7-16)32-24-3/h6-12,24H,13H2,1-5H3,(H,25,26,27). The largest absolute Gasteiger partial charge is 0.493 e. The quantitative estimate of drug-likeness (QED) is 0.385. The second-order valence-corrected chi connectivity index (χ2v) is 8.25. The number of nitrogens with one attached hydrogen (secondary N) is 2. The van der Waals surface area contributed by atoms with Gasteiger partial charge >= 0.3 is 0 Å². The molecule has 2 aromatic heterocycles. The Morgan fingerprint density at radius 3 is 2.41 bits per heavy atom. The fraction of sp³-hybridized carbons (Fsp3) is 0.261. The average molecular weight is 451 g/mol. The van der Waals surface area contributed by atoms with Crippen molar-refractivity contribution in [3.63, 3.8) is 0 Å². The summed E-state index contributed by atoms with van der Waals surface area (Å²) in [5.74, 6) is 2.66. The van der Waals surface area contributed by atoms with Gasteiger partial charge < -0.3 is 14.8 Å². The molecule has 0 radical (unpaired) electrons. The van der Waals surface area contributed by atoms with Gasteiger partial charge in [-0.05, 0) is 68.2 Å². The van der Waals surface area contributed by atoms with E-state index in [0.717, 1.165) is 28.0 Å². The first-order valence-corrected chi connectivity index (χ1v) is 11.0. The molecule has 8 nitrogen and oxygen atoms in total. The Bertz CT molecular complexity index is 1240. The Morgan fingerprint density at radius 1 is 0.969 bits per heavy atom. The molecule has 2 aromatic carbocycles. The highest BCUT2D eigenvalue weighted by atomic mass is 32.2. The molecule has 0 saturated carbocycles. The molecule has 2 heterocycles. The van der Waals surface area contributed by atoms with Gasteiger partial charge in [0.05, 0.1) is 19.9 Å². The van der Waals surface area contributed by atoms with Crippen LogP contribution in [-0.2, 0) is 6.54 Å². The summed E-state index contributed by atoms with van der Waals surface area (Å²) >= 11 is 1.59. The third-order valence-corrected chi connectivity index (χ3v) is 5.75. The molecule has 0 bridgehead atoms. The second kappa shape index (κ2) is 9.46. The summed E-state index contributed by atoms with van der Waals surface area (Å²) in [5.41, 5.74) is 4.64. The lowest BCUT2D eigenvalue weighted by Crippen LogP contribution is -2.10. The molecule has 0 aliphatic carbocycles. The topological polar surface area (TPSA) is 85.6 Å². The van der Waals surface area contributed by atoms with Gasteiger partial charge in [0.15, 0.2) is 17.1 Å². The third kappa shape index (κ3) is 4.35. The van der Waals surface area contributed by atoms with Crippen LogP contribution in [0.15, 0.2) is 47.4 Å². The zero-order chi connectivity index (χ0) is 22.7. The predicted octanol–water partition coefficient (Wildman–Crippen LogP) is 4.26. The second-order valence-electron chi connectivity index (χ2n) is 7.16. The molecule has 166 valence electrons. The van der Waals surface area contributed by atoms with Gasteiger partial charge in [-0.2, -0.15) is 14.6 Å². The average Bonchev–Trinajstić information content (AvgIpc) is 3.13. The van der Waals surface area contributed by atoms with Gasteiger partial charge in [0.2, 0.25) is 5.95 Å². The van der Waals surface area contributed by atoms with Crippen molar-refractivity contribution >= 4 is 23.5 Å². The smallest absolute Gasteiger partial charge is 0.227 e. The van der Waals surface area contributed by atoms with Gasteiger partial charge in [-0.3, -0.25) is 4.72 Å². The monoisotopic (exact) mass is 450 g/mol. The van der Waals surface area contributed by atoms with Crippen LogP contribution in [-0.4, -0.2) is 40.8 Å². The summed E-state index contributed by atoms with van der Waals surface area (Å²) in [6, 6.07) is 14.2. The molecule has 0 spiro atoms. The van der Waals surface area contributed by atoms with Crippen LogP contribution in [0.3, 0.4) is 0 Å². The Kier molecular flexibility index (Phi) is 6.48. The van der Waals surface area contributed by atoms with E-state index in [1.54, 1.807) is 30.7 Å². The van der Waals surface area contributed by atoms with Crippen molar-refractivity contribution < 1.29 is 9.47 Å². The third-order valence-electron chi connectivity index (χ3n) is 5.04. The van der Waals surface area contributed by atoms with Gasteiger partial charge in [-0.25, -0.2) is 4.98 Å². The first kappa shape index (κ1) is 21.9. The van der Waals surface area contributed by atoms with Crippen LogP contribution in [0.2, 0.25) is 0 Å². The number of aryl methyl sites for hydroxylation is 2. The number of hydrogen-bond donors (Lipinski definition) is 2. The highest BCUT2D eigenvalue weighted by Gasteiger charge is 2.18. The summed E-state index contributed by atoms with van der Waals surface area (Å²) in [4.78, 5) is 10.4. The van der Waals surface area contributed by atoms with Crippen molar-refractivity contribution in [2.75, 3.05) is 26.6 Å². The minimum absolute atomic E-state index is 0.626. The van der Waals surface area contributed by atoms with Gasteiger partial charge in [0.1, 0.15) is 5.82 Å². The van der Waals surface area contributed by atoms with Crippen LogP contribution in [0.1, 0.15) is 17.1 Å². The summed E-state index contributed by atoms with van der Waals surface area (Å²) in [7, 11) is 5.16. The summed E-state index contributed by atoms with van der Waals surface area (Å²) in [5, 5.41) is 8.14. The molecule has 0 saturated heterocycles. The van der Waals surface area contributed by atoms with Crippen molar-refractivity contribution in [2.24, 2.45) is 0 Å². The van der Waals surface area contributed by atoms with E-state index in [2.05, 4.69) is 44.3 Å². The first-order valence-electron chi connectivity index (χ1n) is 10.2. The molecule has 0 unspecified atom stereocenters. The Balaban J connectivity index is 1.69.